The fourth-order valence-electron chi connectivity index (χ4n) is 4.64. The number of hydrazine groups is 1. The minimum absolute atomic E-state index is 0.220. The molecule has 0 aromatic heterocycles. The van der Waals surface area contributed by atoms with Crippen LogP contribution in [0.25, 0.3) is 0 Å². The largest absolute Gasteiger partial charge is 0.370 e. The van der Waals surface area contributed by atoms with Crippen molar-refractivity contribution >= 4 is 5.91 Å². The molecule has 2 heterocycles. The molecule has 27 heavy (non-hydrogen) atoms. The van der Waals surface area contributed by atoms with Crippen molar-refractivity contribution in [2.75, 3.05) is 19.6 Å². The number of carbonyl (C=O) groups excluding carboxylic acids is 1. The van der Waals surface area contributed by atoms with E-state index in [1.54, 1.807) is 0 Å². The molecule has 0 aliphatic carbocycles. The summed E-state index contributed by atoms with van der Waals surface area (Å²) in [6.07, 6.45) is 1.52. The summed E-state index contributed by atoms with van der Waals surface area (Å²) in [5.41, 5.74) is 15.2. The van der Waals surface area contributed by atoms with E-state index in [2.05, 4.69) is 76.4 Å². The number of fused-ring (bicyclic) bond motifs is 1. The van der Waals surface area contributed by atoms with Crippen LogP contribution in [0.15, 0.2) is 60.7 Å². The summed E-state index contributed by atoms with van der Waals surface area (Å²) in [5, 5.41) is 0. The monoisotopic (exact) mass is 364 g/mol. The van der Waals surface area contributed by atoms with Crippen LogP contribution in [0.4, 0.5) is 0 Å². The number of nitrogens with zero attached hydrogens (tertiary/aromatic N) is 1. The molecule has 0 radical (unpaired) electrons. The fraction of sp³-hybridized carbons (Fsp3) is 0.409. The molecule has 2 aliphatic heterocycles. The maximum absolute atomic E-state index is 11.2. The van der Waals surface area contributed by atoms with Crippen LogP contribution in [0.5, 0.6) is 0 Å². The Hall–Kier alpha value is -2.21. The maximum Gasteiger partial charge on any atom is 0.218 e. The van der Waals surface area contributed by atoms with Crippen molar-refractivity contribution in [2.45, 2.75) is 30.8 Å². The molecule has 2 saturated heterocycles. The van der Waals surface area contributed by atoms with Crippen molar-refractivity contribution in [3.05, 3.63) is 71.8 Å². The molecule has 5 heteroatoms. The lowest BCUT2D eigenvalue weighted by Gasteiger charge is -2.38. The second kappa shape index (κ2) is 8.21. The summed E-state index contributed by atoms with van der Waals surface area (Å²) in [5.74, 6) is 0.547. The zero-order chi connectivity index (χ0) is 18.6. The van der Waals surface area contributed by atoms with E-state index in [0.717, 1.165) is 26.1 Å². The van der Waals surface area contributed by atoms with Crippen LogP contribution in [-0.2, 0) is 4.79 Å². The van der Waals surface area contributed by atoms with Crippen LogP contribution in [0.2, 0.25) is 0 Å². The Morgan fingerprint density at radius 1 is 1.04 bits per heavy atom. The van der Waals surface area contributed by atoms with E-state index >= 15 is 0 Å². The van der Waals surface area contributed by atoms with Crippen molar-refractivity contribution in [1.82, 2.24) is 15.8 Å². The average molecular weight is 364 g/mol. The summed E-state index contributed by atoms with van der Waals surface area (Å²) < 4.78 is 0. The zero-order valence-corrected chi connectivity index (χ0v) is 15.6. The number of amides is 1. The quantitative estimate of drug-likeness (QED) is 0.732. The molecule has 3 unspecified atom stereocenters. The molecule has 5 nitrogen and oxygen atoms in total. The summed E-state index contributed by atoms with van der Waals surface area (Å²) >= 11 is 0. The Morgan fingerprint density at radius 3 is 2.26 bits per heavy atom. The predicted octanol–water partition coefficient (Wildman–Crippen LogP) is 1.86. The van der Waals surface area contributed by atoms with Gasteiger partial charge in [0.15, 0.2) is 0 Å². The van der Waals surface area contributed by atoms with Crippen LogP contribution in [-0.4, -0.2) is 42.5 Å². The number of nitrogens with one attached hydrogen (secondary N) is 2. The van der Waals surface area contributed by atoms with Crippen LogP contribution in [0.1, 0.15) is 29.9 Å². The normalized spacial score (nSPS) is 25.4. The number of rotatable bonds is 6. The smallest absolute Gasteiger partial charge is 0.218 e. The first-order valence-electron chi connectivity index (χ1n) is 9.84. The number of carbonyl (C=O) groups is 1. The number of nitrogens with two attached hydrogens (primary N) is 1. The fourth-order valence-corrected chi connectivity index (χ4v) is 4.64. The lowest BCUT2D eigenvalue weighted by Crippen LogP contribution is -2.48. The van der Waals surface area contributed by atoms with Gasteiger partial charge in [0.05, 0.1) is 0 Å². The van der Waals surface area contributed by atoms with Crippen molar-refractivity contribution in [3.63, 3.8) is 0 Å². The Balaban J connectivity index is 1.59. The molecule has 2 fully saturated rings. The van der Waals surface area contributed by atoms with Gasteiger partial charge in [0.25, 0.3) is 0 Å². The van der Waals surface area contributed by atoms with E-state index in [9.17, 15) is 4.79 Å². The molecule has 3 atom stereocenters. The molecule has 142 valence electrons. The van der Waals surface area contributed by atoms with E-state index in [1.165, 1.54) is 11.1 Å². The summed E-state index contributed by atoms with van der Waals surface area (Å²) in [6.45, 7) is 2.75. The van der Waals surface area contributed by atoms with E-state index in [0.29, 0.717) is 24.4 Å². The first-order valence-corrected chi connectivity index (χ1v) is 9.84. The van der Waals surface area contributed by atoms with E-state index in [1.807, 2.05) is 0 Å². The Morgan fingerprint density at radius 2 is 1.67 bits per heavy atom. The third-order valence-electron chi connectivity index (χ3n) is 5.99. The SMILES string of the molecule is NC(=O)CCN1CCC2NNC(C(c3ccccc3)c3ccccc3)C2C1. The predicted molar refractivity (Wildman–Crippen MR) is 107 cm³/mol. The van der Waals surface area contributed by atoms with E-state index in [-0.39, 0.29) is 11.8 Å². The number of primary amides is 1. The van der Waals surface area contributed by atoms with Crippen molar-refractivity contribution in [3.8, 4) is 0 Å². The van der Waals surface area contributed by atoms with Gasteiger partial charge in [0, 0.05) is 43.4 Å². The van der Waals surface area contributed by atoms with Gasteiger partial charge in [0.1, 0.15) is 0 Å². The van der Waals surface area contributed by atoms with Gasteiger partial charge in [-0.25, -0.2) is 0 Å². The summed E-state index contributed by atoms with van der Waals surface area (Å²) in [6, 6.07) is 22.3. The van der Waals surface area contributed by atoms with Crippen LogP contribution in [0, 0.1) is 5.92 Å². The molecule has 2 aliphatic rings. The van der Waals surface area contributed by atoms with Crippen molar-refractivity contribution < 1.29 is 4.79 Å². The van der Waals surface area contributed by atoms with Gasteiger partial charge < -0.3 is 10.6 Å². The first-order chi connectivity index (χ1) is 13.2. The molecule has 4 N–H and O–H groups in total. The highest BCUT2D eigenvalue weighted by Gasteiger charge is 2.43. The Kier molecular flexibility index (Phi) is 5.53. The molecular weight excluding hydrogens is 336 g/mol. The zero-order valence-electron chi connectivity index (χ0n) is 15.6. The number of benzene rings is 2. The van der Waals surface area contributed by atoms with Gasteiger partial charge in [-0.1, -0.05) is 60.7 Å². The standard InChI is InChI=1S/C22H28N4O/c23-20(27)12-14-26-13-11-19-18(15-26)22(25-24-19)21(16-7-3-1-4-8-16)17-9-5-2-6-10-17/h1-10,18-19,21-22,24-25H,11-15H2,(H2,23,27). The van der Waals surface area contributed by atoms with Gasteiger partial charge in [-0.05, 0) is 24.1 Å². The second-order valence-corrected chi connectivity index (χ2v) is 7.69. The number of hydrogen-bond acceptors (Lipinski definition) is 4. The van der Waals surface area contributed by atoms with E-state index in [4.69, 9.17) is 5.73 Å². The van der Waals surface area contributed by atoms with Crippen LogP contribution in [0.3, 0.4) is 0 Å². The molecule has 4 rings (SSSR count). The minimum atomic E-state index is -0.220. The van der Waals surface area contributed by atoms with Gasteiger partial charge in [-0.15, -0.1) is 0 Å². The molecule has 0 bridgehead atoms. The molecular formula is C22H28N4O. The van der Waals surface area contributed by atoms with Gasteiger partial charge in [-0.3, -0.25) is 15.6 Å². The lowest BCUT2D eigenvalue weighted by molar-refractivity contribution is -0.118. The minimum Gasteiger partial charge on any atom is -0.370 e. The number of likely N-dealkylation sites (tertiary alicyclic amines) is 1. The average Bonchev–Trinajstić information content (AvgIpc) is 3.11. The summed E-state index contributed by atoms with van der Waals surface area (Å²) in [7, 11) is 0. The topological polar surface area (TPSA) is 70.4 Å². The van der Waals surface area contributed by atoms with E-state index < -0.39 is 0 Å². The van der Waals surface area contributed by atoms with Gasteiger partial charge >= 0.3 is 0 Å². The molecule has 1 amide bonds. The lowest BCUT2D eigenvalue weighted by atomic mass is 9.76. The third-order valence-corrected chi connectivity index (χ3v) is 5.99. The van der Waals surface area contributed by atoms with Crippen LogP contribution < -0.4 is 16.6 Å². The van der Waals surface area contributed by atoms with Crippen LogP contribution >= 0.6 is 0 Å². The molecule has 2 aromatic rings. The first kappa shape index (κ1) is 18.2. The van der Waals surface area contributed by atoms with Gasteiger partial charge in [0.2, 0.25) is 5.91 Å². The highest BCUT2D eigenvalue weighted by molar-refractivity contribution is 5.73. The Labute approximate surface area is 160 Å². The maximum atomic E-state index is 11.2. The molecule has 2 aromatic carbocycles. The number of piperidine rings is 1. The summed E-state index contributed by atoms with van der Waals surface area (Å²) in [4.78, 5) is 13.6. The van der Waals surface area contributed by atoms with Crippen molar-refractivity contribution in [2.24, 2.45) is 11.7 Å². The molecule has 0 saturated carbocycles. The highest BCUT2D eigenvalue weighted by atomic mass is 16.1. The third kappa shape index (κ3) is 4.05. The van der Waals surface area contributed by atoms with Crippen molar-refractivity contribution in [1.29, 1.82) is 0 Å². The van der Waals surface area contributed by atoms with Gasteiger partial charge in [-0.2, -0.15) is 0 Å². The molecule has 0 spiro atoms. The second-order valence-electron chi connectivity index (χ2n) is 7.69. The Bertz CT molecular complexity index is 712. The highest BCUT2D eigenvalue weighted by Crippen LogP contribution is 2.37. The number of hydrogen-bond donors (Lipinski definition) is 3.